The van der Waals surface area contributed by atoms with E-state index in [1.807, 2.05) is 5.32 Å². The van der Waals surface area contributed by atoms with Crippen LogP contribution in [0.3, 0.4) is 0 Å². The van der Waals surface area contributed by atoms with Gasteiger partial charge in [0.15, 0.2) is 5.82 Å². The summed E-state index contributed by atoms with van der Waals surface area (Å²) in [5.74, 6) is -0.897. The third-order valence-corrected chi connectivity index (χ3v) is 2.56. The monoisotopic (exact) mass is 299 g/mol. The second-order valence-corrected chi connectivity index (χ2v) is 4.08. The van der Waals surface area contributed by atoms with Crippen molar-refractivity contribution in [2.75, 3.05) is 17.6 Å². The van der Waals surface area contributed by atoms with Crippen molar-refractivity contribution in [1.29, 1.82) is 5.26 Å². The van der Waals surface area contributed by atoms with Gasteiger partial charge in [-0.05, 0) is 24.3 Å². The van der Waals surface area contributed by atoms with Crippen molar-refractivity contribution in [3.63, 3.8) is 0 Å². The molecule has 0 saturated carbocycles. The van der Waals surface area contributed by atoms with Crippen LogP contribution in [0.25, 0.3) is 5.69 Å². The number of benzene rings is 1. The predicted octanol–water partition coefficient (Wildman–Crippen LogP) is 2.44. The van der Waals surface area contributed by atoms with Gasteiger partial charge in [-0.15, -0.1) is 5.10 Å². The number of alkyl halides is 3. The highest BCUT2D eigenvalue weighted by molar-refractivity contribution is 5.66. The lowest BCUT2D eigenvalue weighted by molar-refractivity contribution is -0.115. The summed E-state index contributed by atoms with van der Waals surface area (Å²) < 4.78 is 50.5. The number of hydrogen-bond donors (Lipinski definition) is 2. The SMILES string of the molecule is N#Cc1c(NCC(F)(F)F)nn(-c2ccc(F)cc2)c1N. The number of hydrogen-bond acceptors (Lipinski definition) is 4. The fourth-order valence-electron chi connectivity index (χ4n) is 1.63. The average Bonchev–Trinajstić information content (AvgIpc) is 2.73. The standard InChI is InChI=1S/C12H9F4N5/c13-7-1-3-8(4-2-7)21-10(18)9(5-17)11(20-21)19-6-12(14,15)16/h1-4H,6,18H2,(H,19,20). The average molecular weight is 299 g/mol. The van der Waals surface area contributed by atoms with Gasteiger partial charge in [0.1, 0.15) is 29.8 Å². The minimum atomic E-state index is -4.46. The van der Waals surface area contributed by atoms with Crippen molar-refractivity contribution >= 4 is 11.6 Å². The maximum atomic E-state index is 12.9. The minimum Gasteiger partial charge on any atom is -0.382 e. The zero-order valence-electron chi connectivity index (χ0n) is 10.4. The molecule has 2 rings (SSSR count). The Bertz CT molecular complexity index is 681. The van der Waals surface area contributed by atoms with Crippen LogP contribution >= 0.6 is 0 Å². The van der Waals surface area contributed by atoms with Crippen molar-refractivity contribution in [3.05, 3.63) is 35.6 Å². The molecule has 1 aromatic heterocycles. The largest absolute Gasteiger partial charge is 0.405 e. The Labute approximate surface area is 116 Å². The molecule has 21 heavy (non-hydrogen) atoms. The first kappa shape index (κ1) is 14.6. The Morgan fingerprint density at radius 1 is 1.29 bits per heavy atom. The molecular weight excluding hydrogens is 290 g/mol. The number of halogens is 4. The van der Waals surface area contributed by atoms with E-state index < -0.39 is 18.5 Å². The Morgan fingerprint density at radius 3 is 2.43 bits per heavy atom. The molecule has 0 amide bonds. The summed E-state index contributed by atoms with van der Waals surface area (Å²) in [7, 11) is 0. The quantitative estimate of drug-likeness (QED) is 0.853. The molecular formula is C12H9F4N5. The number of nitrogens with one attached hydrogen (secondary N) is 1. The maximum Gasteiger partial charge on any atom is 0.405 e. The second kappa shape index (κ2) is 5.32. The third-order valence-electron chi connectivity index (χ3n) is 2.56. The molecule has 0 atom stereocenters. The van der Waals surface area contributed by atoms with E-state index in [1.165, 1.54) is 12.1 Å². The van der Waals surface area contributed by atoms with Crippen molar-refractivity contribution in [2.24, 2.45) is 0 Å². The number of nitrogens with two attached hydrogens (primary N) is 1. The molecule has 0 bridgehead atoms. The Hall–Kier alpha value is -2.76. The predicted molar refractivity (Wildman–Crippen MR) is 67.2 cm³/mol. The first-order valence-corrected chi connectivity index (χ1v) is 5.67. The molecule has 0 aliphatic heterocycles. The van der Waals surface area contributed by atoms with Gasteiger partial charge in [-0.25, -0.2) is 9.07 Å². The molecule has 0 radical (unpaired) electrons. The van der Waals surface area contributed by atoms with E-state index in [-0.39, 0.29) is 17.2 Å². The number of nitrogen functional groups attached to an aromatic ring is 1. The highest BCUT2D eigenvalue weighted by Gasteiger charge is 2.28. The summed E-state index contributed by atoms with van der Waals surface area (Å²) in [6.45, 7) is -1.35. The number of nitriles is 1. The van der Waals surface area contributed by atoms with Gasteiger partial charge in [0.25, 0.3) is 0 Å². The third kappa shape index (κ3) is 3.22. The van der Waals surface area contributed by atoms with Gasteiger partial charge >= 0.3 is 6.18 Å². The van der Waals surface area contributed by atoms with Crippen LogP contribution in [0.2, 0.25) is 0 Å². The van der Waals surface area contributed by atoms with Crippen molar-refractivity contribution in [2.45, 2.75) is 6.18 Å². The molecule has 3 N–H and O–H groups in total. The van der Waals surface area contributed by atoms with Gasteiger partial charge < -0.3 is 11.1 Å². The van der Waals surface area contributed by atoms with Gasteiger partial charge in [0, 0.05) is 0 Å². The zero-order chi connectivity index (χ0) is 15.6. The number of anilines is 2. The summed E-state index contributed by atoms with van der Waals surface area (Å²) in [4.78, 5) is 0. The summed E-state index contributed by atoms with van der Waals surface area (Å²) in [5, 5.41) is 14.8. The van der Waals surface area contributed by atoms with E-state index in [1.54, 1.807) is 6.07 Å². The summed E-state index contributed by atoms with van der Waals surface area (Å²) in [5.41, 5.74) is 5.81. The smallest absolute Gasteiger partial charge is 0.382 e. The first-order chi connectivity index (χ1) is 9.81. The van der Waals surface area contributed by atoms with E-state index >= 15 is 0 Å². The van der Waals surface area contributed by atoms with Gasteiger partial charge in [0.05, 0.1) is 5.69 Å². The highest BCUT2D eigenvalue weighted by Crippen LogP contribution is 2.25. The molecule has 2 aromatic rings. The van der Waals surface area contributed by atoms with Crippen molar-refractivity contribution < 1.29 is 17.6 Å². The second-order valence-electron chi connectivity index (χ2n) is 4.08. The van der Waals surface area contributed by atoms with Crippen LogP contribution in [-0.2, 0) is 0 Å². The van der Waals surface area contributed by atoms with E-state index in [9.17, 15) is 17.6 Å². The number of nitrogens with zero attached hydrogens (tertiary/aromatic N) is 3. The molecule has 0 spiro atoms. The van der Waals surface area contributed by atoms with Crippen LogP contribution in [0.15, 0.2) is 24.3 Å². The van der Waals surface area contributed by atoms with Gasteiger partial charge in [-0.3, -0.25) is 0 Å². The highest BCUT2D eigenvalue weighted by atomic mass is 19.4. The van der Waals surface area contributed by atoms with Crippen LogP contribution in [0, 0.1) is 17.1 Å². The lowest BCUT2D eigenvalue weighted by atomic mass is 10.3. The van der Waals surface area contributed by atoms with Gasteiger partial charge in [-0.2, -0.15) is 18.4 Å². The van der Waals surface area contributed by atoms with Crippen LogP contribution in [-0.4, -0.2) is 22.5 Å². The lowest BCUT2D eigenvalue weighted by Crippen LogP contribution is -2.21. The molecule has 9 heteroatoms. The van der Waals surface area contributed by atoms with Crippen LogP contribution in [0.1, 0.15) is 5.56 Å². The topological polar surface area (TPSA) is 79.7 Å². The summed E-state index contributed by atoms with van der Waals surface area (Å²) >= 11 is 0. The zero-order valence-corrected chi connectivity index (χ0v) is 10.4. The number of aromatic nitrogens is 2. The maximum absolute atomic E-state index is 12.9. The van der Waals surface area contributed by atoms with E-state index in [4.69, 9.17) is 11.0 Å². The molecule has 0 unspecified atom stereocenters. The van der Waals surface area contributed by atoms with Crippen molar-refractivity contribution in [3.8, 4) is 11.8 Å². The molecule has 1 heterocycles. The van der Waals surface area contributed by atoms with Crippen LogP contribution in [0.5, 0.6) is 0 Å². The lowest BCUT2D eigenvalue weighted by Gasteiger charge is -2.06. The molecule has 5 nitrogen and oxygen atoms in total. The Morgan fingerprint density at radius 2 is 1.90 bits per heavy atom. The fraction of sp³-hybridized carbons (Fsp3) is 0.167. The first-order valence-electron chi connectivity index (χ1n) is 5.67. The van der Waals surface area contributed by atoms with E-state index in [2.05, 4.69) is 5.10 Å². The Balaban J connectivity index is 2.38. The summed E-state index contributed by atoms with van der Waals surface area (Å²) in [6, 6.07) is 6.66. The molecule has 0 fully saturated rings. The van der Waals surface area contributed by atoms with Crippen molar-refractivity contribution in [1.82, 2.24) is 9.78 Å². The van der Waals surface area contributed by atoms with Crippen LogP contribution in [0.4, 0.5) is 29.2 Å². The molecule has 0 saturated heterocycles. The molecule has 0 aliphatic carbocycles. The fourth-order valence-corrected chi connectivity index (χ4v) is 1.63. The minimum absolute atomic E-state index is 0.131. The molecule has 0 aliphatic rings. The number of rotatable bonds is 3. The summed E-state index contributed by atoms with van der Waals surface area (Å²) in [6.07, 6.45) is -4.46. The van der Waals surface area contributed by atoms with E-state index in [0.717, 1.165) is 16.8 Å². The normalized spacial score (nSPS) is 11.2. The van der Waals surface area contributed by atoms with Gasteiger partial charge in [0.2, 0.25) is 0 Å². The molecule has 110 valence electrons. The van der Waals surface area contributed by atoms with Gasteiger partial charge in [-0.1, -0.05) is 0 Å². The van der Waals surface area contributed by atoms with E-state index in [0.29, 0.717) is 5.69 Å². The molecule has 1 aromatic carbocycles. The van der Waals surface area contributed by atoms with Crippen LogP contribution < -0.4 is 11.1 Å². The Kier molecular flexibility index (Phi) is 3.71.